The maximum atomic E-state index is 12.1. The van der Waals surface area contributed by atoms with E-state index in [-0.39, 0.29) is 11.0 Å². The Morgan fingerprint density at radius 1 is 1.28 bits per heavy atom. The largest absolute Gasteiger partial charge is 0.302 e. The molecular weight excluding hydrogens is 276 g/mol. The van der Waals surface area contributed by atoms with Crippen molar-refractivity contribution in [1.82, 2.24) is 14.3 Å². The number of anilines is 1. The molecule has 8 heteroatoms. The highest BCUT2D eigenvalue weighted by Gasteiger charge is 2.20. The van der Waals surface area contributed by atoms with E-state index in [0.717, 1.165) is 12.8 Å². The van der Waals surface area contributed by atoms with Gasteiger partial charge in [0, 0.05) is 19.2 Å². The summed E-state index contributed by atoms with van der Waals surface area (Å²) >= 11 is 5.68. The zero-order valence-electron chi connectivity index (χ0n) is 10.4. The third-order valence-corrected chi connectivity index (χ3v) is 3.87. The Kier molecular flexibility index (Phi) is 5.77. The van der Waals surface area contributed by atoms with E-state index in [0.29, 0.717) is 13.1 Å². The number of nitrogens with zero attached hydrogens (tertiary/aromatic N) is 3. The summed E-state index contributed by atoms with van der Waals surface area (Å²) in [7, 11) is -3.58. The summed E-state index contributed by atoms with van der Waals surface area (Å²) in [6, 6.07) is 1.37. The van der Waals surface area contributed by atoms with Crippen LogP contribution in [0.15, 0.2) is 12.4 Å². The van der Waals surface area contributed by atoms with Crippen molar-refractivity contribution in [3.05, 3.63) is 17.5 Å². The summed E-state index contributed by atoms with van der Waals surface area (Å²) in [5.41, 5.74) is 0. The third-order valence-electron chi connectivity index (χ3n) is 2.15. The molecule has 18 heavy (non-hydrogen) atoms. The van der Waals surface area contributed by atoms with Gasteiger partial charge in [0.05, 0.1) is 0 Å². The molecule has 1 aromatic heterocycles. The van der Waals surface area contributed by atoms with Gasteiger partial charge in [0.2, 0.25) is 0 Å². The van der Waals surface area contributed by atoms with Crippen LogP contribution in [0.25, 0.3) is 0 Å². The first kappa shape index (κ1) is 15.1. The molecule has 0 radical (unpaired) electrons. The van der Waals surface area contributed by atoms with Crippen LogP contribution in [-0.2, 0) is 10.2 Å². The van der Waals surface area contributed by atoms with Gasteiger partial charge in [-0.15, -0.1) is 0 Å². The molecule has 1 N–H and O–H groups in total. The van der Waals surface area contributed by atoms with Crippen molar-refractivity contribution in [2.75, 3.05) is 17.8 Å². The van der Waals surface area contributed by atoms with Crippen molar-refractivity contribution in [1.29, 1.82) is 0 Å². The fourth-order valence-corrected chi connectivity index (χ4v) is 2.93. The second-order valence-corrected chi connectivity index (χ2v) is 5.79. The molecule has 0 unspecified atom stereocenters. The molecule has 0 saturated heterocycles. The lowest BCUT2D eigenvalue weighted by atomic mass is 10.4. The molecule has 6 nitrogen and oxygen atoms in total. The van der Waals surface area contributed by atoms with E-state index < -0.39 is 10.2 Å². The molecular formula is C10H17ClN4O2S. The minimum Gasteiger partial charge on any atom is -0.254 e. The number of hydrogen-bond donors (Lipinski definition) is 1. The van der Waals surface area contributed by atoms with Gasteiger partial charge in [0.25, 0.3) is 0 Å². The van der Waals surface area contributed by atoms with Crippen LogP contribution in [0.1, 0.15) is 26.7 Å². The van der Waals surface area contributed by atoms with E-state index in [1.165, 1.54) is 16.7 Å². The standard InChI is InChI=1S/C10H17ClN4O2S/c1-3-5-15(6-4-2)18(16,17)14-10-7-9(11)12-8-13-10/h7-8H,3-6H2,1-2H3,(H,12,13,14). The van der Waals surface area contributed by atoms with Crippen molar-refractivity contribution in [2.24, 2.45) is 0 Å². The predicted octanol–water partition coefficient (Wildman–Crippen LogP) is 1.91. The number of rotatable bonds is 7. The lowest BCUT2D eigenvalue weighted by Crippen LogP contribution is -2.37. The van der Waals surface area contributed by atoms with Crippen LogP contribution in [0.4, 0.5) is 5.82 Å². The number of hydrogen-bond acceptors (Lipinski definition) is 4. The van der Waals surface area contributed by atoms with Gasteiger partial charge in [-0.25, -0.2) is 9.97 Å². The molecule has 0 saturated carbocycles. The molecule has 0 aliphatic rings. The molecule has 1 rings (SSSR count). The average Bonchev–Trinajstić information content (AvgIpc) is 2.28. The van der Waals surface area contributed by atoms with E-state index in [4.69, 9.17) is 11.6 Å². The van der Waals surface area contributed by atoms with Crippen molar-refractivity contribution >= 4 is 27.6 Å². The molecule has 0 aliphatic carbocycles. The minimum absolute atomic E-state index is 0.173. The van der Waals surface area contributed by atoms with Gasteiger partial charge in [0.1, 0.15) is 17.3 Å². The number of halogens is 1. The summed E-state index contributed by atoms with van der Waals surface area (Å²) in [6.07, 6.45) is 2.72. The summed E-state index contributed by atoms with van der Waals surface area (Å²) in [4.78, 5) is 7.51. The van der Waals surface area contributed by atoms with Gasteiger partial charge < -0.3 is 0 Å². The van der Waals surface area contributed by atoms with Crippen LogP contribution in [0.3, 0.4) is 0 Å². The Labute approximate surface area is 113 Å². The Balaban J connectivity index is 2.85. The van der Waals surface area contributed by atoms with E-state index in [2.05, 4.69) is 14.7 Å². The maximum Gasteiger partial charge on any atom is 0.302 e. The monoisotopic (exact) mass is 292 g/mol. The fourth-order valence-electron chi connectivity index (χ4n) is 1.44. The van der Waals surface area contributed by atoms with E-state index in [1.54, 1.807) is 0 Å². The number of aromatic nitrogens is 2. The Hall–Kier alpha value is -0.920. The van der Waals surface area contributed by atoms with Gasteiger partial charge >= 0.3 is 10.2 Å². The van der Waals surface area contributed by atoms with Crippen LogP contribution in [0.5, 0.6) is 0 Å². The number of nitrogens with one attached hydrogen (secondary N) is 1. The van der Waals surface area contributed by atoms with Gasteiger partial charge in [-0.05, 0) is 12.8 Å². The third kappa shape index (κ3) is 4.40. The van der Waals surface area contributed by atoms with Crippen molar-refractivity contribution in [2.45, 2.75) is 26.7 Å². The lowest BCUT2D eigenvalue weighted by molar-refractivity contribution is 0.413. The molecule has 0 atom stereocenters. The van der Waals surface area contributed by atoms with Crippen LogP contribution in [0, 0.1) is 0 Å². The molecule has 0 spiro atoms. The molecule has 1 heterocycles. The van der Waals surface area contributed by atoms with Gasteiger partial charge in [-0.1, -0.05) is 25.4 Å². The fraction of sp³-hybridized carbons (Fsp3) is 0.600. The van der Waals surface area contributed by atoms with Crippen molar-refractivity contribution in [3.63, 3.8) is 0 Å². The van der Waals surface area contributed by atoms with Crippen LogP contribution < -0.4 is 4.72 Å². The van der Waals surface area contributed by atoms with Crippen molar-refractivity contribution < 1.29 is 8.42 Å². The normalized spacial score (nSPS) is 11.8. The molecule has 102 valence electrons. The Morgan fingerprint density at radius 2 is 1.89 bits per heavy atom. The first-order valence-corrected chi connectivity index (χ1v) is 7.56. The molecule has 1 aromatic rings. The molecule has 0 bridgehead atoms. The maximum absolute atomic E-state index is 12.1. The second-order valence-electron chi connectivity index (χ2n) is 3.73. The zero-order valence-corrected chi connectivity index (χ0v) is 12.0. The van der Waals surface area contributed by atoms with Gasteiger partial charge in [0.15, 0.2) is 0 Å². The molecule has 0 amide bonds. The van der Waals surface area contributed by atoms with E-state index in [9.17, 15) is 8.42 Å². The molecule has 0 aromatic carbocycles. The smallest absolute Gasteiger partial charge is 0.254 e. The quantitative estimate of drug-likeness (QED) is 0.779. The first-order chi connectivity index (χ1) is 8.49. The van der Waals surface area contributed by atoms with Crippen LogP contribution >= 0.6 is 11.6 Å². The highest BCUT2D eigenvalue weighted by Crippen LogP contribution is 2.12. The minimum atomic E-state index is -3.58. The van der Waals surface area contributed by atoms with Gasteiger partial charge in [-0.2, -0.15) is 12.7 Å². The highest BCUT2D eigenvalue weighted by molar-refractivity contribution is 7.90. The second kappa shape index (κ2) is 6.86. The lowest BCUT2D eigenvalue weighted by Gasteiger charge is -2.21. The van der Waals surface area contributed by atoms with Crippen LogP contribution in [-0.4, -0.2) is 35.8 Å². The average molecular weight is 293 g/mol. The SMILES string of the molecule is CCCN(CCC)S(=O)(=O)Nc1cc(Cl)ncn1. The summed E-state index contributed by atoms with van der Waals surface area (Å²) in [6.45, 7) is 4.81. The van der Waals surface area contributed by atoms with Crippen molar-refractivity contribution in [3.8, 4) is 0 Å². The summed E-state index contributed by atoms with van der Waals surface area (Å²) in [5, 5.41) is 0.195. The van der Waals surface area contributed by atoms with Gasteiger partial charge in [-0.3, -0.25) is 4.72 Å². The zero-order chi connectivity index (χ0) is 13.6. The Bertz CT molecular complexity index is 475. The summed E-state index contributed by atoms with van der Waals surface area (Å²) < 4.78 is 28.0. The summed E-state index contributed by atoms with van der Waals surface area (Å²) in [5.74, 6) is 0.173. The molecule has 0 aliphatic heterocycles. The topological polar surface area (TPSA) is 75.2 Å². The Morgan fingerprint density at radius 3 is 2.39 bits per heavy atom. The predicted molar refractivity (Wildman–Crippen MR) is 71.7 cm³/mol. The molecule has 0 fully saturated rings. The van der Waals surface area contributed by atoms with Crippen LogP contribution in [0.2, 0.25) is 5.15 Å². The first-order valence-electron chi connectivity index (χ1n) is 5.75. The van der Waals surface area contributed by atoms with E-state index in [1.807, 2.05) is 13.8 Å². The van der Waals surface area contributed by atoms with E-state index >= 15 is 0 Å². The highest BCUT2D eigenvalue weighted by atomic mass is 35.5.